The molecule has 1 aromatic heterocycles. The van der Waals surface area contributed by atoms with Gasteiger partial charge in [-0.1, -0.05) is 60.7 Å². The standard InChI is InChI=1S/C22H24N4O/c1-3-16-8-10-17(11-9-16)14-26-15(2)21(24-25-26)22(27)23-20-13-12-18-6-4-5-7-19(18)20/h4-11,20H,3,12-14H2,1-2H3,(H,23,27). The number of aromatic nitrogens is 3. The molecule has 1 unspecified atom stereocenters. The maximum absolute atomic E-state index is 12.8. The zero-order valence-corrected chi connectivity index (χ0v) is 15.8. The molecular formula is C22H24N4O. The van der Waals surface area contributed by atoms with Gasteiger partial charge in [-0.3, -0.25) is 4.79 Å². The summed E-state index contributed by atoms with van der Waals surface area (Å²) >= 11 is 0. The first-order valence-electron chi connectivity index (χ1n) is 9.52. The van der Waals surface area contributed by atoms with Gasteiger partial charge in [-0.2, -0.15) is 0 Å². The highest BCUT2D eigenvalue weighted by molar-refractivity contribution is 5.93. The van der Waals surface area contributed by atoms with Gasteiger partial charge in [0.05, 0.1) is 18.3 Å². The van der Waals surface area contributed by atoms with Crippen molar-refractivity contribution in [2.24, 2.45) is 0 Å². The minimum absolute atomic E-state index is 0.0554. The van der Waals surface area contributed by atoms with Crippen LogP contribution in [0, 0.1) is 6.92 Å². The Hall–Kier alpha value is -2.95. The smallest absolute Gasteiger partial charge is 0.274 e. The van der Waals surface area contributed by atoms with Crippen LogP contribution in [-0.2, 0) is 19.4 Å². The van der Waals surface area contributed by atoms with Crippen LogP contribution in [0.15, 0.2) is 48.5 Å². The average molecular weight is 360 g/mol. The van der Waals surface area contributed by atoms with Crippen molar-refractivity contribution >= 4 is 5.91 Å². The molecule has 1 aliphatic carbocycles. The number of fused-ring (bicyclic) bond motifs is 1. The molecule has 0 saturated carbocycles. The minimum atomic E-state index is -0.151. The number of hydrogen-bond donors (Lipinski definition) is 1. The summed E-state index contributed by atoms with van der Waals surface area (Å²) in [5, 5.41) is 11.5. The van der Waals surface area contributed by atoms with Crippen LogP contribution in [0.4, 0.5) is 0 Å². The van der Waals surface area contributed by atoms with E-state index in [1.54, 1.807) is 4.68 Å². The molecular weight excluding hydrogens is 336 g/mol. The number of amides is 1. The fourth-order valence-corrected chi connectivity index (χ4v) is 3.71. The summed E-state index contributed by atoms with van der Waals surface area (Å²) in [5.74, 6) is -0.151. The number of aryl methyl sites for hydroxylation is 2. The number of nitrogens with one attached hydrogen (secondary N) is 1. The molecule has 0 saturated heterocycles. The summed E-state index contributed by atoms with van der Waals surface area (Å²) in [6.07, 6.45) is 2.96. The number of carbonyl (C=O) groups is 1. The second kappa shape index (κ2) is 7.35. The van der Waals surface area contributed by atoms with Crippen molar-refractivity contribution in [1.29, 1.82) is 0 Å². The van der Waals surface area contributed by atoms with Gasteiger partial charge < -0.3 is 5.32 Å². The van der Waals surface area contributed by atoms with Crippen LogP contribution in [0.2, 0.25) is 0 Å². The summed E-state index contributed by atoms with van der Waals surface area (Å²) in [4.78, 5) is 12.8. The van der Waals surface area contributed by atoms with Crippen molar-refractivity contribution in [3.8, 4) is 0 Å². The van der Waals surface area contributed by atoms with Crippen LogP contribution in [-0.4, -0.2) is 20.9 Å². The molecule has 0 fully saturated rings. The van der Waals surface area contributed by atoms with E-state index in [1.807, 2.05) is 19.1 Å². The molecule has 0 aliphatic heterocycles. The van der Waals surface area contributed by atoms with Gasteiger partial charge in [0.2, 0.25) is 0 Å². The molecule has 4 rings (SSSR count). The van der Waals surface area contributed by atoms with Crippen molar-refractivity contribution < 1.29 is 4.79 Å². The lowest BCUT2D eigenvalue weighted by atomic mass is 10.1. The molecule has 1 heterocycles. The van der Waals surface area contributed by atoms with Crippen LogP contribution in [0.5, 0.6) is 0 Å². The minimum Gasteiger partial charge on any atom is -0.344 e. The van der Waals surface area contributed by atoms with Gasteiger partial charge in [0.1, 0.15) is 0 Å². The molecule has 0 spiro atoms. The Morgan fingerprint density at radius 2 is 1.89 bits per heavy atom. The van der Waals surface area contributed by atoms with E-state index in [1.165, 1.54) is 16.7 Å². The maximum Gasteiger partial charge on any atom is 0.274 e. The molecule has 1 atom stereocenters. The fraction of sp³-hybridized carbons (Fsp3) is 0.318. The van der Waals surface area contributed by atoms with Gasteiger partial charge in [-0.25, -0.2) is 4.68 Å². The molecule has 0 radical (unpaired) electrons. The predicted molar refractivity (Wildman–Crippen MR) is 105 cm³/mol. The van der Waals surface area contributed by atoms with Crippen molar-refractivity contribution in [2.75, 3.05) is 0 Å². The van der Waals surface area contributed by atoms with Gasteiger partial charge in [0.15, 0.2) is 5.69 Å². The molecule has 5 nitrogen and oxygen atoms in total. The van der Waals surface area contributed by atoms with E-state index in [-0.39, 0.29) is 11.9 Å². The maximum atomic E-state index is 12.8. The average Bonchev–Trinajstić information content (AvgIpc) is 3.26. The van der Waals surface area contributed by atoms with Gasteiger partial charge in [0, 0.05) is 0 Å². The first-order valence-corrected chi connectivity index (χ1v) is 9.52. The van der Waals surface area contributed by atoms with Crippen molar-refractivity contribution in [2.45, 2.75) is 45.7 Å². The topological polar surface area (TPSA) is 59.8 Å². The SMILES string of the molecule is CCc1ccc(Cn2nnc(C(=O)NC3CCc4ccccc43)c2C)cc1. The second-order valence-corrected chi connectivity index (χ2v) is 7.11. The van der Waals surface area contributed by atoms with E-state index in [9.17, 15) is 4.79 Å². The van der Waals surface area contributed by atoms with Crippen molar-refractivity contribution in [3.63, 3.8) is 0 Å². The zero-order valence-electron chi connectivity index (χ0n) is 15.8. The summed E-state index contributed by atoms with van der Waals surface area (Å²) in [5.41, 5.74) is 6.19. The van der Waals surface area contributed by atoms with Crippen LogP contribution in [0.3, 0.4) is 0 Å². The van der Waals surface area contributed by atoms with E-state index in [2.05, 4.69) is 59.0 Å². The number of carbonyl (C=O) groups excluding carboxylic acids is 1. The van der Waals surface area contributed by atoms with Crippen LogP contribution >= 0.6 is 0 Å². The van der Waals surface area contributed by atoms with Gasteiger partial charge >= 0.3 is 0 Å². The van der Waals surface area contributed by atoms with Gasteiger partial charge in [-0.05, 0) is 48.4 Å². The molecule has 2 aromatic carbocycles. The van der Waals surface area contributed by atoms with Crippen LogP contribution in [0.1, 0.15) is 57.8 Å². The van der Waals surface area contributed by atoms with Crippen LogP contribution in [0.25, 0.3) is 0 Å². The molecule has 1 N–H and O–H groups in total. The predicted octanol–water partition coefficient (Wildman–Crippen LogP) is 3.61. The van der Waals surface area contributed by atoms with Gasteiger partial charge in [-0.15, -0.1) is 5.10 Å². The molecule has 138 valence electrons. The molecule has 1 amide bonds. The molecule has 3 aromatic rings. The zero-order chi connectivity index (χ0) is 18.8. The lowest BCUT2D eigenvalue weighted by molar-refractivity contribution is 0.0931. The Labute approximate surface area is 159 Å². The molecule has 5 heteroatoms. The Morgan fingerprint density at radius 1 is 1.15 bits per heavy atom. The summed E-state index contributed by atoms with van der Waals surface area (Å²) in [6.45, 7) is 4.66. The molecule has 27 heavy (non-hydrogen) atoms. The first-order chi connectivity index (χ1) is 13.2. The third-order valence-electron chi connectivity index (χ3n) is 5.40. The highest BCUT2D eigenvalue weighted by Crippen LogP contribution is 2.30. The highest BCUT2D eigenvalue weighted by Gasteiger charge is 2.26. The summed E-state index contributed by atoms with van der Waals surface area (Å²) in [6, 6.07) is 16.8. The summed E-state index contributed by atoms with van der Waals surface area (Å²) < 4.78 is 1.79. The summed E-state index contributed by atoms with van der Waals surface area (Å²) in [7, 11) is 0. The highest BCUT2D eigenvalue weighted by atomic mass is 16.2. The van der Waals surface area contributed by atoms with Crippen molar-refractivity contribution in [3.05, 3.63) is 82.2 Å². The lowest BCUT2D eigenvalue weighted by Crippen LogP contribution is -2.28. The largest absolute Gasteiger partial charge is 0.344 e. The second-order valence-electron chi connectivity index (χ2n) is 7.11. The van der Waals surface area contributed by atoms with Crippen LogP contribution < -0.4 is 5.32 Å². The molecule has 0 bridgehead atoms. The Bertz CT molecular complexity index is 959. The van der Waals surface area contributed by atoms with E-state index >= 15 is 0 Å². The van der Waals surface area contributed by atoms with Crippen molar-refractivity contribution in [1.82, 2.24) is 20.3 Å². The third-order valence-corrected chi connectivity index (χ3v) is 5.40. The Balaban J connectivity index is 1.47. The quantitative estimate of drug-likeness (QED) is 0.756. The normalized spacial score (nSPS) is 15.6. The number of hydrogen-bond acceptors (Lipinski definition) is 3. The van der Waals surface area contributed by atoms with E-state index in [4.69, 9.17) is 0 Å². The lowest BCUT2D eigenvalue weighted by Gasteiger charge is -2.13. The number of nitrogens with zero attached hydrogens (tertiary/aromatic N) is 3. The Morgan fingerprint density at radius 3 is 2.67 bits per heavy atom. The van der Waals surface area contributed by atoms with Gasteiger partial charge in [0.25, 0.3) is 5.91 Å². The van der Waals surface area contributed by atoms with E-state index in [0.717, 1.165) is 30.5 Å². The monoisotopic (exact) mass is 360 g/mol. The molecule has 1 aliphatic rings. The third kappa shape index (κ3) is 3.50. The number of benzene rings is 2. The first kappa shape index (κ1) is 17.5. The Kier molecular flexibility index (Phi) is 4.75. The number of rotatable bonds is 5. The fourth-order valence-electron chi connectivity index (χ4n) is 3.71. The van der Waals surface area contributed by atoms with E-state index < -0.39 is 0 Å². The van der Waals surface area contributed by atoms with E-state index in [0.29, 0.717) is 12.2 Å².